The van der Waals surface area contributed by atoms with Crippen molar-refractivity contribution in [2.45, 2.75) is 12.8 Å². The van der Waals surface area contributed by atoms with Crippen molar-refractivity contribution in [2.75, 3.05) is 18.6 Å². The van der Waals surface area contributed by atoms with E-state index >= 15 is 0 Å². The molecule has 1 aromatic rings. The Bertz CT molecular complexity index is 350. The first-order valence-electron chi connectivity index (χ1n) is 4.29. The van der Waals surface area contributed by atoms with E-state index in [1.807, 2.05) is 0 Å². The normalized spacial score (nSPS) is 12.1. The van der Waals surface area contributed by atoms with Gasteiger partial charge in [-0.25, -0.2) is 0 Å². The maximum absolute atomic E-state index is 11.2. The van der Waals surface area contributed by atoms with Crippen LogP contribution in [0, 0.1) is 0 Å². The molecule has 0 amide bonds. The summed E-state index contributed by atoms with van der Waals surface area (Å²) in [7, 11) is 1.36. The molecular weight excluding hydrogens is 180 g/mol. The Hall–Kier alpha value is -1.71. The molecule has 1 unspecified atom stereocenters. The minimum Gasteiger partial charge on any atom is -0.469 e. The Kier molecular flexibility index (Phi) is 2.96. The van der Waals surface area contributed by atoms with Crippen LogP contribution in [0.3, 0.4) is 0 Å². The highest BCUT2D eigenvalue weighted by molar-refractivity contribution is 5.78. The monoisotopic (exact) mass is 194 g/mol. The number of carbonyl (C=O) groups excluding carboxylic acids is 1. The largest absolute Gasteiger partial charge is 0.469 e. The minimum atomic E-state index is -0.317. The number of carbonyl (C=O) groups is 1. The summed E-state index contributed by atoms with van der Waals surface area (Å²) in [5.74, 6) is -0.600. The molecule has 0 aliphatic rings. The summed E-state index contributed by atoms with van der Waals surface area (Å²) in [6.07, 6.45) is 0. The summed E-state index contributed by atoms with van der Waals surface area (Å²) >= 11 is 0. The molecule has 0 aliphatic carbocycles. The molecule has 0 spiro atoms. The second-order valence-electron chi connectivity index (χ2n) is 3.13. The van der Waals surface area contributed by atoms with Gasteiger partial charge in [-0.3, -0.25) is 4.79 Å². The van der Waals surface area contributed by atoms with Gasteiger partial charge in [0.05, 0.1) is 24.4 Å². The van der Waals surface area contributed by atoms with Crippen LogP contribution >= 0.6 is 0 Å². The lowest BCUT2D eigenvalue weighted by molar-refractivity contribution is -0.141. The van der Waals surface area contributed by atoms with E-state index in [4.69, 9.17) is 11.5 Å². The molecule has 0 fully saturated rings. The maximum atomic E-state index is 11.2. The number of hydrogen-bond acceptors (Lipinski definition) is 4. The van der Waals surface area contributed by atoms with E-state index in [0.29, 0.717) is 11.4 Å². The van der Waals surface area contributed by atoms with Gasteiger partial charge in [-0.15, -0.1) is 0 Å². The van der Waals surface area contributed by atoms with Crippen molar-refractivity contribution in [1.82, 2.24) is 0 Å². The molecule has 76 valence electrons. The van der Waals surface area contributed by atoms with Crippen molar-refractivity contribution in [3.8, 4) is 0 Å². The quantitative estimate of drug-likeness (QED) is 0.546. The number of ether oxygens (including phenoxy) is 1. The Morgan fingerprint density at radius 1 is 1.36 bits per heavy atom. The van der Waals surface area contributed by atoms with Gasteiger partial charge in [0.25, 0.3) is 0 Å². The number of methoxy groups -OCH3 is 1. The number of rotatable bonds is 2. The molecule has 1 rings (SSSR count). The zero-order chi connectivity index (χ0) is 10.7. The van der Waals surface area contributed by atoms with Gasteiger partial charge >= 0.3 is 5.97 Å². The average molecular weight is 194 g/mol. The zero-order valence-corrected chi connectivity index (χ0v) is 8.28. The van der Waals surface area contributed by atoms with Gasteiger partial charge < -0.3 is 16.2 Å². The molecule has 0 aromatic heterocycles. The predicted molar refractivity (Wildman–Crippen MR) is 55.7 cm³/mol. The third-order valence-corrected chi connectivity index (χ3v) is 2.17. The summed E-state index contributed by atoms with van der Waals surface area (Å²) < 4.78 is 4.63. The van der Waals surface area contributed by atoms with Crippen LogP contribution in [0.25, 0.3) is 0 Å². The summed E-state index contributed by atoms with van der Waals surface area (Å²) in [5, 5.41) is 0. The highest BCUT2D eigenvalue weighted by Crippen LogP contribution is 2.22. The summed E-state index contributed by atoms with van der Waals surface area (Å²) in [5.41, 5.74) is 13.0. The van der Waals surface area contributed by atoms with Gasteiger partial charge in [0.15, 0.2) is 0 Å². The van der Waals surface area contributed by atoms with Crippen molar-refractivity contribution in [3.63, 3.8) is 0 Å². The van der Waals surface area contributed by atoms with Crippen LogP contribution in [0.1, 0.15) is 18.4 Å². The van der Waals surface area contributed by atoms with Crippen molar-refractivity contribution >= 4 is 17.3 Å². The Labute approximate surface area is 82.8 Å². The maximum Gasteiger partial charge on any atom is 0.312 e. The molecule has 0 heterocycles. The molecule has 4 heteroatoms. The molecule has 0 aliphatic heterocycles. The van der Waals surface area contributed by atoms with Crippen LogP contribution in [0.4, 0.5) is 11.4 Å². The molecule has 4 nitrogen and oxygen atoms in total. The number of hydrogen-bond donors (Lipinski definition) is 2. The van der Waals surface area contributed by atoms with Crippen molar-refractivity contribution < 1.29 is 9.53 Å². The number of nitrogen functional groups attached to an aromatic ring is 2. The van der Waals surface area contributed by atoms with E-state index in [2.05, 4.69) is 4.74 Å². The first-order valence-corrected chi connectivity index (χ1v) is 4.29. The van der Waals surface area contributed by atoms with Crippen LogP contribution in [0.2, 0.25) is 0 Å². The third-order valence-electron chi connectivity index (χ3n) is 2.17. The highest BCUT2D eigenvalue weighted by Gasteiger charge is 2.15. The van der Waals surface area contributed by atoms with Crippen molar-refractivity contribution in [2.24, 2.45) is 0 Å². The lowest BCUT2D eigenvalue weighted by Crippen LogP contribution is -2.11. The van der Waals surface area contributed by atoms with E-state index in [1.165, 1.54) is 7.11 Å². The first kappa shape index (κ1) is 10.4. The summed E-state index contributed by atoms with van der Waals surface area (Å²) in [6.45, 7) is 1.76. The summed E-state index contributed by atoms with van der Waals surface area (Å²) in [6, 6.07) is 5.15. The lowest BCUT2D eigenvalue weighted by Gasteiger charge is -2.10. The lowest BCUT2D eigenvalue weighted by atomic mass is 10.0. The SMILES string of the molecule is COC(=O)C(C)c1ccc(N)c(N)c1. The van der Waals surface area contributed by atoms with Gasteiger partial charge in [0.1, 0.15) is 0 Å². The smallest absolute Gasteiger partial charge is 0.312 e. The second kappa shape index (κ2) is 4.00. The fraction of sp³-hybridized carbons (Fsp3) is 0.300. The van der Waals surface area contributed by atoms with Crippen LogP contribution in [-0.2, 0) is 9.53 Å². The fourth-order valence-electron chi connectivity index (χ4n) is 1.18. The second-order valence-corrected chi connectivity index (χ2v) is 3.13. The van der Waals surface area contributed by atoms with E-state index in [9.17, 15) is 4.79 Å². The van der Waals surface area contributed by atoms with E-state index in [1.54, 1.807) is 25.1 Å². The van der Waals surface area contributed by atoms with Gasteiger partial charge in [0.2, 0.25) is 0 Å². The number of nitrogens with two attached hydrogens (primary N) is 2. The standard InChI is InChI=1S/C10H14N2O2/c1-6(10(13)14-2)7-3-4-8(11)9(12)5-7/h3-6H,11-12H2,1-2H3. The van der Waals surface area contributed by atoms with E-state index in [0.717, 1.165) is 5.56 Å². The van der Waals surface area contributed by atoms with Crippen molar-refractivity contribution in [3.05, 3.63) is 23.8 Å². The Morgan fingerprint density at radius 3 is 2.50 bits per heavy atom. The molecular formula is C10H14N2O2. The minimum absolute atomic E-state index is 0.283. The van der Waals surface area contributed by atoms with Gasteiger partial charge in [0, 0.05) is 0 Å². The average Bonchev–Trinajstić information content (AvgIpc) is 2.20. The summed E-state index contributed by atoms with van der Waals surface area (Å²) in [4.78, 5) is 11.2. The molecule has 0 saturated heterocycles. The Balaban J connectivity index is 2.96. The van der Waals surface area contributed by atoms with Gasteiger partial charge in [-0.1, -0.05) is 6.07 Å². The topological polar surface area (TPSA) is 78.3 Å². The molecule has 1 aromatic carbocycles. The van der Waals surface area contributed by atoms with Crippen LogP contribution < -0.4 is 11.5 Å². The fourth-order valence-corrected chi connectivity index (χ4v) is 1.18. The van der Waals surface area contributed by atoms with Crippen LogP contribution in [0.15, 0.2) is 18.2 Å². The molecule has 0 radical (unpaired) electrons. The molecule has 0 bridgehead atoms. The first-order chi connectivity index (χ1) is 6.56. The van der Waals surface area contributed by atoms with E-state index in [-0.39, 0.29) is 11.9 Å². The Morgan fingerprint density at radius 2 is 2.00 bits per heavy atom. The molecule has 4 N–H and O–H groups in total. The third kappa shape index (κ3) is 1.96. The van der Waals surface area contributed by atoms with Gasteiger partial charge in [-0.05, 0) is 24.6 Å². The van der Waals surface area contributed by atoms with Gasteiger partial charge in [-0.2, -0.15) is 0 Å². The number of benzene rings is 1. The van der Waals surface area contributed by atoms with E-state index < -0.39 is 0 Å². The van der Waals surface area contributed by atoms with Crippen LogP contribution in [0.5, 0.6) is 0 Å². The van der Waals surface area contributed by atoms with Crippen LogP contribution in [-0.4, -0.2) is 13.1 Å². The number of anilines is 2. The zero-order valence-electron chi connectivity index (χ0n) is 8.28. The molecule has 14 heavy (non-hydrogen) atoms. The van der Waals surface area contributed by atoms with Crippen molar-refractivity contribution in [1.29, 1.82) is 0 Å². The molecule has 1 atom stereocenters. The predicted octanol–water partition coefficient (Wildman–Crippen LogP) is 1.13. The number of esters is 1. The highest BCUT2D eigenvalue weighted by atomic mass is 16.5. The molecule has 0 saturated carbocycles.